The van der Waals surface area contributed by atoms with E-state index in [-0.39, 0.29) is 28.8 Å². The summed E-state index contributed by atoms with van der Waals surface area (Å²) in [4.78, 5) is 36.0. The van der Waals surface area contributed by atoms with Crippen LogP contribution in [0.3, 0.4) is 0 Å². The maximum Gasteiger partial charge on any atom is 0.254 e. The van der Waals surface area contributed by atoms with Gasteiger partial charge in [0.05, 0.1) is 38.8 Å². The highest BCUT2D eigenvalue weighted by molar-refractivity contribution is 6.30. The van der Waals surface area contributed by atoms with Crippen molar-refractivity contribution in [3.05, 3.63) is 111 Å². The molecule has 0 radical (unpaired) electrons. The van der Waals surface area contributed by atoms with Gasteiger partial charge < -0.3 is 15.6 Å². The summed E-state index contributed by atoms with van der Waals surface area (Å²) in [5, 5.41) is 8.68. The molecule has 0 bridgehead atoms. The van der Waals surface area contributed by atoms with Gasteiger partial charge in [-0.05, 0) is 66.8 Å². The van der Waals surface area contributed by atoms with Crippen LogP contribution in [0.25, 0.3) is 22.1 Å². The number of amides is 2. The van der Waals surface area contributed by atoms with Crippen molar-refractivity contribution in [1.82, 2.24) is 20.4 Å². The number of aromatic nitrogens is 3. The lowest BCUT2D eigenvalue weighted by Crippen LogP contribution is -2.39. The first-order valence-corrected chi connectivity index (χ1v) is 14.3. The van der Waals surface area contributed by atoms with Crippen LogP contribution in [0.4, 0.5) is 4.39 Å². The number of benzene rings is 2. The zero-order valence-electron chi connectivity index (χ0n) is 23.9. The first-order chi connectivity index (χ1) is 20.5. The molecule has 0 spiro atoms. The lowest BCUT2D eigenvalue weighted by atomic mass is 9.84. The number of hydrogen-bond acceptors (Lipinski definition) is 6. The van der Waals surface area contributed by atoms with Gasteiger partial charge in [0.15, 0.2) is 5.58 Å². The molecule has 218 valence electrons. The molecular formula is C33H29ClFN5O3. The summed E-state index contributed by atoms with van der Waals surface area (Å²) in [5.41, 5.74) is 10.4. The number of carbonyl (C=O) groups excluding carboxylic acids is 2. The van der Waals surface area contributed by atoms with Gasteiger partial charge in [-0.1, -0.05) is 48.8 Å². The third kappa shape index (κ3) is 5.36. The van der Waals surface area contributed by atoms with E-state index in [9.17, 15) is 14.0 Å². The number of fused-ring (bicyclic) bond motifs is 2. The Morgan fingerprint density at radius 2 is 1.86 bits per heavy atom. The highest BCUT2D eigenvalue weighted by Gasteiger charge is 2.44. The number of nitrogens with zero attached hydrogens (tertiary/aromatic N) is 3. The molecule has 0 saturated carbocycles. The molecule has 2 amide bonds. The number of halogens is 2. The summed E-state index contributed by atoms with van der Waals surface area (Å²) >= 11 is 5.98. The Morgan fingerprint density at radius 1 is 1.09 bits per heavy atom. The predicted molar refractivity (Wildman–Crippen MR) is 161 cm³/mol. The van der Waals surface area contributed by atoms with Crippen LogP contribution in [0.15, 0.2) is 65.3 Å². The largest absolute Gasteiger partial charge is 0.366 e. The second-order valence-corrected chi connectivity index (χ2v) is 12.0. The van der Waals surface area contributed by atoms with Crippen molar-refractivity contribution in [2.24, 2.45) is 11.7 Å². The molecule has 3 aromatic heterocycles. The Labute approximate surface area is 252 Å². The number of nitrogens with two attached hydrogens (primary N) is 1. The molecule has 0 fully saturated rings. The maximum absolute atomic E-state index is 13.7. The lowest BCUT2D eigenvalue weighted by molar-refractivity contribution is 0.0935. The van der Waals surface area contributed by atoms with Crippen molar-refractivity contribution in [3.8, 4) is 11.1 Å². The Balaban J connectivity index is 1.51. The highest BCUT2D eigenvalue weighted by Crippen LogP contribution is 2.42. The van der Waals surface area contributed by atoms with Crippen LogP contribution in [0.1, 0.15) is 69.8 Å². The Kier molecular flexibility index (Phi) is 7.22. The van der Waals surface area contributed by atoms with E-state index in [2.05, 4.69) is 15.5 Å². The van der Waals surface area contributed by atoms with Gasteiger partial charge in [-0.2, -0.15) is 0 Å². The summed E-state index contributed by atoms with van der Waals surface area (Å²) in [6, 6.07) is 15.2. The molecule has 1 atom stereocenters. The first kappa shape index (κ1) is 28.5. The number of primary amides is 1. The molecule has 0 unspecified atom stereocenters. The maximum atomic E-state index is 13.7. The molecule has 6 rings (SSSR count). The smallest absolute Gasteiger partial charge is 0.254 e. The molecular weight excluding hydrogens is 569 g/mol. The standard InChI is InChI=1S/C33H29ClFN5O3/c1-17(2)12-25-28(31(36)41)27(29-30(38-25)33(3,39-32(29)42)15-18-4-8-21(35)9-5-18)19-6-11-23-24(40-43-26(23)13-19)14-22-10-7-20(34)16-37-22/h4-11,13,16-17H,12,14-15H2,1-3H3,(H2,36,41)(H,39,42)/t33-/m0/s1. The van der Waals surface area contributed by atoms with Gasteiger partial charge >= 0.3 is 0 Å². The van der Waals surface area contributed by atoms with E-state index in [0.717, 1.165) is 16.6 Å². The molecule has 1 aliphatic heterocycles. The van der Waals surface area contributed by atoms with Crippen molar-refractivity contribution < 1.29 is 18.5 Å². The van der Waals surface area contributed by atoms with Crippen molar-refractivity contribution in [2.45, 2.75) is 45.6 Å². The van der Waals surface area contributed by atoms with Gasteiger partial charge in [-0.15, -0.1) is 0 Å². The number of pyridine rings is 2. The van der Waals surface area contributed by atoms with E-state index < -0.39 is 11.4 Å². The van der Waals surface area contributed by atoms with E-state index in [0.29, 0.717) is 58.1 Å². The Morgan fingerprint density at radius 3 is 2.53 bits per heavy atom. The summed E-state index contributed by atoms with van der Waals surface area (Å²) in [6.07, 6.45) is 2.86. The normalized spacial score (nSPS) is 16.1. The number of nitrogens with one attached hydrogen (secondary N) is 1. The molecule has 43 heavy (non-hydrogen) atoms. The summed E-state index contributed by atoms with van der Waals surface area (Å²) in [6.45, 7) is 5.94. The molecule has 2 aromatic carbocycles. The summed E-state index contributed by atoms with van der Waals surface area (Å²) in [5.74, 6) is -1.22. The summed E-state index contributed by atoms with van der Waals surface area (Å²) < 4.78 is 19.3. The van der Waals surface area contributed by atoms with E-state index in [1.807, 2.05) is 39.0 Å². The van der Waals surface area contributed by atoms with Crippen LogP contribution < -0.4 is 11.1 Å². The molecule has 1 aliphatic rings. The predicted octanol–water partition coefficient (Wildman–Crippen LogP) is 6.17. The lowest BCUT2D eigenvalue weighted by Gasteiger charge is -2.26. The van der Waals surface area contributed by atoms with Crippen molar-refractivity contribution in [1.29, 1.82) is 0 Å². The second-order valence-electron chi connectivity index (χ2n) is 11.6. The fraction of sp³-hybridized carbons (Fsp3) is 0.242. The van der Waals surface area contributed by atoms with Crippen LogP contribution in [0.5, 0.6) is 0 Å². The van der Waals surface area contributed by atoms with Crippen LogP contribution >= 0.6 is 11.6 Å². The Bertz CT molecular complexity index is 1890. The number of carbonyl (C=O) groups is 2. The number of rotatable bonds is 8. The van der Waals surface area contributed by atoms with Gasteiger partial charge in [-0.3, -0.25) is 19.6 Å². The minimum atomic E-state index is -0.907. The van der Waals surface area contributed by atoms with Gasteiger partial charge in [-0.25, -0.2) is 4.39 Å². The molecule has 8 nitrogen and oxygen atoms in total. The molecule has 0 aliphatic carbocycles. The zero-order valence-corrected chi connectivity index (χ0v) is 24.6. The first-order valence-electron chi connectivity index (χ1n) is 14.0. The fourth-order valence-electron chi connectivity index (χ4n) is 5.81. The third-order valence-corrected chi connectivity index (χ3v) is 7.93. The van der Waals surface area contributed by atoms with Crippen LogP contribution in [0.2, 0.25) is 5.02 Å². The Hall–Kier alpha value is -4.63. The minimum Gasteiger partial charge on any atom is -0.366 e. The molecule has 0 saturated heterocycles. The average Bonchev–Trinajstić information content (AvgIpc) is 3.46. The third-order valence-electron chi connectivity index (χ3n) is 7.70. The SMILES string of the molecule is CC(C)Cc1nc2c(c(-c3ccc4c(Cc5ccc(Cl)cn5)noc4c3)c1C(N)=O)C(=O)N[C@@]2(C)Cc1ccc(F)cc1. The van der Waals surface area contributed by atoms with Crippen molar-refractivity contribution in [2.75, 3.05) is 0 Å². The quantitative estimate of drug-likeness (QED) is 0.220. The second kappa shape index (κ2) is 10.9. The fourth-order valence-corrected chi connectivity index (χ4v) is 5.92. The monoisotopic (exact) mass is 597 g/mol. The van der Waals surface area contributed by atoms with Crippen LogP contribution in [-0.2, 0) is 24.8 Å². The van der Waals surface area contributed by atoms with E-state index in [1.165, 1.54) is 12.1 Å². The zero-order chi connectivity index (χ0) is 30.5. The van der Waals surface area contributed by atoms with E-state index in [1.54, 1.807) is 30.5 Å². The minimum absolute atomic E-state index is 0.158. The van der Waals surface area contributed by atoms with Gasteiger partial charge in [0.1, 0.15) is 5.82 Å². The highest BCUT2D eigenvalue weighted by atomic mass is 35.5. The molecule has 4 heterocycles. The molecule has 10 heteroatoms. The van der Waals surface area contributed by atoms with Crippen LogP contribution in [-0.4, -0.2) is 26.9 Å². The van der Waals surface area contributed by atoms with Gasteiger partial charge in [0.2, 0.25) is 0 Å². The van der Waals surface area contributed by atoms with Gasteiger partial charge in [0.25, 0.3) is 11.8 Å². The van der Waals surface area contributed by atoms with Crippen molar-refractivity contribution >= 4 is 34.4 Å². The topological polar surface area (TPSA) is 124 Å². The van der Waals surface area contributed by atoms with Gasteiger partial charge in [0, 0.05) is 35.7 Å². The summed E-state index contributed by atoms with van der Waals surface area (Å²) in [7, 11) is 0. The van der Waals surface area contributed by atoms with Crippen LogP contribution in [0, 0.1) is 11.7 Å². The average molecular weight is 598 g/mol. The molecule has 5 aromatic rings. The van der Waals surface area contributed by atoms with Crippen molar-refractivity contribution in [3.63, 3.8) is 0 Å². The van der Waals surface area contributed by atoms with E-state index >= 15 is 0 Å². The van der Waals surface area contributed by atoms with E-state index in [4.69, 9.17) is 26.8 Å². The molecule has 3 N–H and O–H groups in total. The number of hydrogen-bond donors (Lipinski definition) is 2.